The molecule has 0 N–H and O–H groups in total. The molecule has 0 spiro atoms. The number of rotatable bonds is 4. The first-order valence-corrected chi connectivity index (χ1v) is 11.3. The van der Waals surface area contributed by atoms with Gasteiger partial charge in [0.2, 0.25) is 12.5 Å². The van der Waals surface area contributed by atoms with Gasteiger partial charge in [0.1, 0.15) is 0 Å². The molecule has 0 saturated heterocycles. The molecule has 34 heavy (non-hydrogen) atoms. The summed E-state index contributed by atoms with van der Waals surface area (Å²) in [7, 11) is 3.35. The Hall–Kier alpha value is -2.96. The van der Waals surface area contributed by atoms with E-state index < -0.39 is 0 Å². The molecule has 0 atom stereocenters. The van der Waals surface area contributed by atoms with Gasteiger partial charge < -0.3 is 35.9 Å². The second kappa shape index (κ2) is 9.01. The summed E-state index contributed by atoms with van der Waals surface area (Å²) in [6.07, 6.45) is 3.78. The SMILES string of the molecule is COc1ccc2c(Cc3ccccc3Cl)c3[n+](cc2c1OC)CCc1cc2c(cc1-3)OCO2.[Br-]. The number of nitrogens with zero attached hydrogens (tertiary/aromatic N) is 1. The minimum Gasteiger partial charge on any atom is -1.00 e. The van der Waals surface area contributed by atoms with E-state index in [0.717, 1.165) is 51.6 Å². The smallest absolute Gasteiger partial charge is 0.231 e. The van der Waals surface area contributed by atoms with E-state index >= 15 is 0 Å². The molecule has 174 valence electrons. The van der Waals surface area contributed by atoms with Crippen LogP contribution in [0.15, 0.2) is 54.7 Å². The van der Waals surface area contributed by atoms with Crippen LogP contribution in [0, 0.1) is 0 Å². The van der Waals surface area contributed by atoms with Crippen LogP contribution in [0.2, 0.25) is 5.02 Å². The van der Waals surface area contributed by atoms with Crippen LogP contribution in [0.5, 0.6) is 23.0 Å². The zero-order valence-electron chi connectivity index (χ0n) is 18.9. The van der Waals surface area contributed by atoms with Crippen molar-refractivity contribution in [3.63, 3.8) is 0 Å². The highest BCUT2D eigenvalue weighted by molar-refractivity contribution is 6.31. The van der Waals surface area contributed by atoms with E-state index in [9.17, 15) is 0 Å². The number of ether oxygens (including phenoxy) is 4. The van der Waals surface area contributed by atoms with E-state index in [4.69, 9.17) is 30.5 Å². The number of hydrogen-bond acceptors (Lipinski definition) is 4. The van der Waals surface area contributed by atoms with E-state index in [-0.39, 0.29) is 23.8 Å². The Balaban J connectivity index is 0.00000241. The summed E-state index contributed by atoms with van der Waals surface area (Å²) in [6.45, 7) is 1.12. The van der Waals surface area contributed by atoms with Crippen molar-refractivity contribution < 1.29 is 40.5 Å². The van der Waals surface area contributed by atoms with Gasteiger partial charge in [-0.1, -0.05) is 29.8 Å². The van der Waals surface area contributed by atoms with Crippen LogP contribution < -0.4 is 40.5 Å². The molecular formula is C27H23BrClNO4. The number of pyridine rings is 1. The summed E-state index contributed by atoms with van der Waals surface area (Å²) in [5.74, 6) is 3.07. The summed E-state index contributed by atoms with van der Waals surface area (Å²) in [6, 6.07) is 16.3. The van der Waals surface area contributed by atoms with E-state index in [0.29, 0.717) is 12.2 Å². The van der Waals surface area contributed by atoms with Gasteiger partial charge in [-0.05, 0) is 41.5 Å². The highest BCUT2D eigenvalue weighted by Gasteiger charge is 2.32. The summed E-state index contributed by atoms with van der Waals surface area (Å²) in [5, 5.41) is 2.90. The topological polar surface area (TPSA) is 40.8 Å². The third-order valence-corrected chi connectivity index (χ3v) is 6.94. The number of aryl methyl sites for hydroxylation is 2. The summed E-state index contributed by atoms with van der Waals surface area (Å²) in [4.78, 5) is 0. The molecule has 3 heterocycles. The summed E-state index contributed by atoms with van der Waals surface area (Å²) in [5.41, 5.74) is 5.89. The van der Waals surface area contributed by atoms with Crippen LogP contribution in [0.25, 0.3) is 22.0 Å². The maximum absolute atomic E-state index is 6.60. The first-order valence-electron chi connectivity index (χ1n) is 10.9. The number of hydrogen-bond donors (Lipinski definition) is 0. The van der Waals surface area contributed by atoms with Crippen molar-refractivity contribution >= 4 is 22.4 Å². The molecule has 0 fully saturated rings. The maximum atomic E-state index is 6.60. The Bertz CT molecular complexity index is 1420. The van der Waals surface area contributed by atoms with Crippen molar-refractivity contribution in [2.75, 3.05) is 21.0 Å². The van der Waals surface area contributed by atoms with Crippen molar-refractivity contribution in [2.24, 2.45) is 0 Å². The lowest BCUT2D eigenvalue weighted by molar-refractivity contribution is -0.686. The highest BCUT2D eigenvalue weighted by Crippen LogP contribution is 2.44. The second-order valence-electron chi connectivity index (χ2n) is 8.29. The van der Waals surface area contributed by atoms with Crippen LogP contribution in [0.1, 0.15) is 16.7 Å². The van der Waals surface area contributed by atoms with Crippen LogP contribution in [0.4, 0.5) is 0 Å². The summed E-state index contributed by atoms with van der Waals surface area (Å²) >= 11 is 6.60. The first kappa shape index (κ1) is 22.8. The lowest BCUT2D eigenvalue weighted by atomic mass is 9.88. The van der Waals surface area contributed by atoms with Gasteiger partial charge in [0.15, 0.2) is 35.7 Å². The van der Waals surface area contributed by atoms with E-state index in [2.05, 4.69) is 35.0 Å². The molecule has 1 aromatic heterocycles. The van der Waals surface area contributed by atoms with Gasteiger partial charge in [0.25, 0.3) is 0 Å². The number of halogens is 2. The van der Waals surface area contributed by atoms with Gasteiger partial charge in [-0.2, -0.15) is 4.57 Å². The first-order chi connectivity index (χ1) is 16.2. The van der Waals surface area contributed by atoms with Gasteiger partial charge in [-0.3, -0.25) is 0 Å². The van der Waals surface area contributed by atoms with Gasteiger partial charge in [0.05, 0.1) is 25.2 Å². The molecule has 6 rings (SSSR count). The lowest BCUT2D eigenvalue weighted by Gasteiger charge is -2.21. The molecule has 0 radical (unpaired) electrons. The number of benzene rings is 3. The lowest BCUT2D eigenvalue weighted by Crippen LogP contribution is -3.00. The molecule has 3 aromatic carbocycles. The van der Waals surface area contributed by atoms with Gasteiger partial charge >= 0.3 is 0 Å². The Morgan fingerprint density at radius 3 is 2.53 bits per heavy atom. The average molecular weight is 541 g/mol. The third kappa shape index (κ3) is 3.56. The Morgan fingerprint density at radius 2 is 1.76 bits per heavy atom. The van der Waals surface area contributed by atoms with E-state index in [1.165, 1.54) is 22.4 Å². The zero-order valence-corrected chi connectivity index (χ0v) is 21.2. The molecule has 0 bridgehead atoms. The molecule has 0 saturated carbocycles. The molecule has 2 aliphatic heterocycles. The fraction of sp³-hybridized carbons (Fsp3) is 0.222. The maximum Gasteiger partial charge on any atom is 0.231 e. The summed E-state index contributed by atoms with van der Waals surface area (Å²) < 4.78 is 25.1. The zero-order chi connectivity index (χ0) is 22.5. The van der Waals surface area contributed by atoms with E-state index in [1.807, 2.05) is 24.3 Å². The van der Waals surface area contributed by atoms with Crippen LogP contribution in [0.3, 0.4) is 0 Å². The fourth-order valence-electron chi connectivity index (χ4n) is 5.02. The molecular weight excluding hydrogens is 518 g/mol. The van der Waals surface area contributed by atoms with Gasteiger partial charge in [-0.15, -0.1) is 0 Å². The largest absolute Gasteiger partial charge is 1.00 e. The number of fused-ring (bicyclic) bond motifs is 5. The molecule has 0 unspecified atom stereocenters. The van der Waals surface area contributed by atoms with Crippen molar-refractivity contribution in [3.05, 3.63) is 76.4 Å². The number of aromatic nitrogens is 1. The van der Waals surface area contributed by atoms with Crippen LogP contribution in [-0.4, -0.2) is 21.0 Å². The average Bonchev–Trinajstić information content (AvgIpc) is 3.30. The minimum atomic E-state index is 0. The fourth-order valence-corrected chi connectivity index (χ4v) is 5.22. The van der Waals surface area contributed by atoms with Crippen molar-refractivity contribution in [1.29, 1.82) is 0 Å². The molecule has 4 aromatic rings. The Kier molecular flexibility index (Phi) is 6.04. The molecule has 0 amide bonds. The van der Waals surface area contributed by atoms with Crippen molar-refractivity contribution in [1.82, 2.24) is 0 Å². The second-order valence-corrected chi connectivity index (χ2v) is 8.70. The predicted molar refractivity (Wildman–Crippen MR) is 127 cm³/mol. The molecule has 7 heteroatoms. The Labute approximate surface area is 213 Å². The molecule has 0 aliphatic carbocycles. The minimum absolute atomic E-state index is 0. The van der Waals surface area contributed by atoms with Gasteiger partial charge in [-0.25, -0.2) is 0 Å². The quantitative estimate of drug-likeness (QED) is 0.373. The van der Waals surface area contributed by atoms with E-state index in [1.54, 1.807) is 14.2 Å². The third-order valence-electron chi connectivity index (χ3n) is 6.57. The highest BCUT2D eigenvalue weighted by atomic mass is 79.9. The van der Waals surface area contributed by atoms with Crippen molar-refractivity contribution in [2.45, 2.75) is 19.4 Å². The van der Waals surface area contributed by atoms with Gasteiger partial charge in [0, 0.05) is 28.8 Å². The Morgan fingerprint density at radius 1 is 0.971 bits per heavy atom. The molecule has 2 aliphatic rings. The standard InChI is InChI=1S/C27H23ClNO4.BrH/c1-30-23-8-7-18-20(11-17-5-3-4-6-22(17)28)26-19-13-25-24(32-15-33-25)12-16(19)9-10-29(26)14-21(18)27(23)31-2;/h3-8,12-14H,9-11,15H2,1-2H3;1H/q+1;/p-1. The molecule has 5 nitrogen and oxygen atoms in total. The van der Waals surface area contributed by atoms with Crippen LogP contribution in [-0.2, 0) is 19.4 Å². The normalized spacial score (nSPS) is 13.1. The van der Waals surface area contributed by atoms with Crippen LogP contribution >= 0.6 is 11.6 Å². The monoisotopic (exact) mass is 539 g/mol. The number of methoxy groups -OCH3 is 2. The predicted octanol–water partition coefficient (Wildman–Crippen LogP) is 2.34. The van der Waals surface area contributed by atoms with Crippen molar-refractivity contribution in [3.8, 4) is 34.3 Å².